The molecule has 1 saturated heterocycles. The number of nitrogens with zero attached hydrogens (tertiary/aromatic N) is 7. The van der Waals surface area contributed by atoms with Crippen LogP contribution in [-0.4, -0.2) is 49.5 Å². The molecular weight excluding hydrogens is 432 g/mol. The monoisotopic (exact) mass is 457 g/mol. The summed E-state index contributed by atoms with van der Waals surface area (Å²) in [5.41, 5.74) is 4.29. The van der Waals surface area contributed by atoms with Gasteiger partial charge in [0.25, 0.3) is 0 Å². The summed E-state index contributed by atoms with van der Waals surface area (Å²) in [6.45, 7) is 5.76. The van der Waals surface area contributed by atoms with Gasteiger partial charge < -0.3 is 14.8 Å². The van der Waals surface area contributed by atoms with Crippen molar-refractivity contribution in [2.24, 2.45) is 0 Å². The fourth-order valence-electron chi connectivity index (χ4n) is 3.71. The highest BCUT2D eigenvalue weighted by Gasteiger charge is 2.19. The van der Waals surface area contributed by atoms with Crippen molar-refractivity contribution in [3.05, 3.63) is 59.9 Å². The molecule has 10 nitrogen and oxygen atoms in total. The summed E-state index contributed by atoms with van der Waals surface area (Å²) < 4.78 is 11.9. The zero-order chi connectivity index (χ0) is 22.6. The van der Waals surface area contributed by atoms with Gasteiger partial charge in [0, 0.05) is 42.3 Å². The van der Waals surface area contributed by atoms with E-state index in [1.165, 1.54) is 0 Å². The van der Waals surface area contributed by atoms with E-state index in [1.807, 2.05) is 50.5 Å². The van der Waals surface area contributed by atoms with Crippen LogP contribution in [0.2, 0.25) is 0 Å². The summed E-state index contributed by atoms with van der Waals surface area (Å²) in [7, 11) is 0. The third-order valence-corrected chi connectivity index (χ3v) is 5.49. The van der Waals surface area contributed by atoms with Crippen LogP contribution in [0.3, 0.4) is 0 Å². The molecule has 4 aromatic rings. The van der Waals surface area contributed by atoms with Crippen LogP contribution in [0.1, 0.15) is 29.8 Å². The molecule has 0 bridgehead atoms. The van der Waals surface area contributed by atoms with Gasteiger partial charge in [0.2, 0.25) is 0 Å². The molecule has 3 radical (unpaired) electrons. The zero-order valence-electron chi connectivity index (χ0n) is 19.1. The largest absolute Gasteiger partial charge is 0.488 e. The predicted molar refractivity (Wildman–Crippen MR) is 126 cm³/mol. The maximum atomic E-state index is 6.41. The number of rotatable bonds is 6. The van der Waals surface area contributed by atoms with Crippen LogP contribution >= 0.6 is 0 Å². The number of benzene rings is 1. The molecule has 0 amide bonds. The SMILES string of the molecule is Cc1cnc(-c2cc(OC3CCOCC3)c3ncnc(NCc4ccc(C)nn4)c3c2)nc1.[N]. The first-order valence-corrected chi connectivity index (χ1v) is 11.0. The molecule has 1 N–H and O–H groups in total. The lowest BCUT2D eigenvalue weighted by atomic mass is 10.1. The average Bonchev–Trinajstić information content (AvgIpc) is 2.85. The first-order valence-electron chi connectivity index (χ1n) is 11.0. The number of fused-ring (bicyclic) bond motifs is 1. The molecular formula is C24H25N8O2. The Kier molecular flexibility index (Phi) is 7.19. The summed E-state index contributed by atoms with van der Waals surface area (Å²) in [5.74, 6) is 2.01. The Balaban J connectivity index is 0.00000274. The van der Waals surface area contributed by atoms with Gasteiger partial charge in [0.15, 0.2) is 5.82 Å². The number of aryl methyl sites for hydroxylation is 2. The van der Waals surface area contributed by atoms with E-state index in [0.717, 1.165) is 46.3 Å². The van der Waals surface area contributed by atoms with Gasteiger partial charge >= 0.3 is 0 Å². The third-order valence-electron chi connectivity index (χ3n) is 5.49. The summed E-state index contributed by atoms with van der Waals surface area (Å²) in [6.07, 6.45) is 6.92. The molecule has 0 atom stereocenters. The third kappa shape index (κ3) is 5.24. The minimum Gasteiger partial charge on any atom is -0.488 e. The Bertz CT molecular complexity index is 1240. The van der Waals surface area contributed by atoms with Gasteiger partial charge in [-0.1, -0.05) is 0 Å². The fraction of sp³-hybridized carbons (Fsp3) is 0.333. The highest BCUT2D eigenvalue weighted by atomic mass is 16.5. The molecule has 5 rings (SSSR count). The number of hydrogen-bond acceptors (Lipinski definition) is 9. The molecule has 1 aromatic carbocycles. The number of ether oxygens (including phenoxy) is 2. The molecule has 4 heterocycles. The van der Waals surface area contributed by atoms with Gasteiger partial charge in [0.05, 0.1) is 31.1 Å². The van der Waals surface area contributed by atoms with E-state index >= 15 is 0 Å². The Hall–Kier alpha value is -3.76. The quantitative estimate of drug-likeness (QED) is 0.462. The van der Waals surface area contributed by atoms with Gasteiger partial charge in [-0.2, -0.15) is 10.2 Å². The molecule has 1 aliphatic rings. The van der Waals surface area contributed by atoms with Crippen molar-refractivity contribution in [1.82, 2.24) is 36.3 Å². The predicted octanol–water partition coefficient (Wildman–Crippen LogP) is 3.18. The topological polar surface area (TPSA) is 138 Å². The minimum atomic E-state index is 0. The van der Waals surface area contributed by atoms with Crippen molar-refractivity contribution >= 4 is 16.7 Å². The number of anilines is 1. The molecule has 0 saturated carbocycles. The van der Waals surface area contributed by atoms with Crippen molar-refractivity contribution in [3.8, 4) is 17.1 Å². The Morgan fingerprint density at radius 2 is 1.79 bits per heavy atom. The van der Waals surface area contributed by atoms with Gasteiger partial charge in [-0.05, 0) is 43.7 Å². The molecule has 0 aliphatic carbocycles. The molecule has 0 unspecified atom stereocenters. The molecule has 3 aromatic heterocycles. The van der Waals surface area contributed by atoms with Crippen LogP contribution in [0.4, 0.5) is 5.82 Å². The van der Waals surface area contributed by atoms with Crippen LogP contribution in [0, 0.1) is 13.8 Å². The first-order chi connectivity index (χ1) is 16.2. The molecule has 10 heteroatoms. The van der Waals surface area contributed by atoms with E-state index < -0.39 is 0 Å². The van der Waals surface area contributed by atoms with E-state index in [-0.39, 0.29) is 12.3 Å². The smallest absolute Gasteiger partial charge is 0.159 e. The van der Waals surface area contributed by atoms with Gasteiger partial charge in [0.1, 0.15) is 29.5 Å². The fourth-order valence-corrected chi connectivity index (χ4v) is 3.71. The lowest BCUT2D eigenvalue weighted by Crippen LogP contribution is -2.26. The highest BCUT2D eigenvalue weighted by Crippen LogP contribution is 2.34. The van der Waals surface area contributed by atoms with Crippen molar-refractivity contribution in [2.45, 2.75) is 39.3 Å². The summed E-state index contributed by atoms with van der Waals surface area (Å²) in [5, 5.41) is 12.6. The van der Waals surface area contributed by atoms with Crippen LogP contribution in [0.15, 0.2) is 43.0 Å². The van der Waals surface area contributed by atoms with E-state index in [4.69, 9.17) is 9.47 Å². The average molecular weight is 458 g/mol. The lowest BCUT2D eigenvalue weighted by Gasteiger charge is -2.24. The van der Waals surface area contributed by atoms with Crippen LogP contribution in [-0.2, 0) is 11.3 Å². The van der Waals surface area contributed by atoms with Crippen molar-refractivity contribution < 1.29 is 9.47 Å². The Labute approximate surface area is 197 Å². The second-order valence-corrected chi connectivity index (χ2v) is 8.13. The van der Waals surface area contributed by atoms with E-state index in [0.29, 0.717) is 37.2 Å². The summed E-state index contributed by atoms with van der Waals surface area (Å²) in [6, 6.07) is 7.85. The maximum absolute atomic E-state index is 6.41. The van der Waals surface area contributed by atoms with E-state index in [2.05, 4.69) is 35.5 Å². The van der Waals surface area contributed by atoms with Crippen LogP contribution in [0.25, 0.3) is 22.3 Å². The van der Waals surface area contributed by atoms with Crippen molar-refractivity contribution in [1.29, 1.82) is 0 Å². The summed E-state index contributed by atoms with van der Waals surface area (Å²) in [4.78, 5) is 18.1. The standard InChI is InChI=1S/C24H25N7O2.N/c1-15-11-25-23(26-12-15)17-9-20-22(21(10-17)33-19-5-7-32-8-6-19)28-14-29-24(20)27-13-18-4-3-16(2)30-31-18;/h3-4,9-12,14,19H,5-8,13H2,1-2H3,(H,27,28,29);. The maximum Gasteiger partial charge on any atom is 0.159 e. The highest BCUT2D eigenvalue weighted by molar-refractivity contribution is 5.96. The Morgan fingerprint density at radius 3 is 2.53 bits per heavy atom. The Morgan fingerprint density at radius 1 is 1.00 bits per heavy atom. The summed E-state index contributed by atoms with van der Waals surface area (Å²) >= 11 is 0. The van der Waals surface area contributed by atoms with E-state index in [1.54, 1.807) is 6.33 Å². The van der Waals surface area contributed by atoms with Gasteiger partial charge in [-0.15, -0.1) is 0 Å². The lowest BCUT2D eigenvalue weighted by molar-refractivity contribution is 0.0261. The molecule has 173 valence electrons. The van der Waals surface area contributed by atoms with Gasteiger partial charge in [-0.25, -0.2) is 19.9 Å². The van der Waals surface area contributed by atoms with Gasteiger partial charge in [-0.3, -0.25) is 0 Å². The molecule has 34 heavy (non-hydrogen) atoms. The zero-order valence-corrected chi connectivity index (χ0v) is 19.1. The second kappa shape index (κ2) is 10.4. The number of aromatic nitrogens is 6. The molecule has 1 aliphatic heterocycles. The molecule has 0 spiro atoms. The van der Waals surface area contributed by atoms with Crippen molar-refractivity contribution in [2.75, 3.05) is 18.5 Å². The van der Waals surface area contributed by atoms with Crippen LogP contribution < -0.4 is 16.2 Å². The van der Waals surface area contributed by atoms with Crippen molar-refractivity contribution in [3.63, 3.8) is 0 Å². The number of hydrogen-bond donors (Lipinski definition) is 1. The molecule has 1 fully saturated rings. The minimum absolute atomic E-state index is 0. The second-order valence-electron chi connectivity index (χ2n) is 8.13. The van der Waals surface area contributed by atoms with E-state index in [9.17, 15) is 0 Å². The number of nitrogens with one attached hydrogen (secondary N) is 1. The first kappa shape index (κ1) is 23.4. The van der Waals surface area contributed by atoms with Crippen LogP contribution in [0.5, 0.6) is 5.75 Å². The normalized spacial score (nSPS) is 13.9.